The first kappa shape index (κ1) is 16.5. The number of thiophene rings is 1. The van der Waals surface area contributed by atoms with Crippen LogP contribution >= 0.6 is 22.9 Å². The smallest absolute Gasteiger partial charge is 0.0735 e. The molecule has 21 heavy (non-hydrogen) atoms. The molecule has 0 aliphatic carbocycles. The van der Waals surface area contributed by atoms with E-state index in [0.29, 0.717) is 13.2 Å². The number of benzene rings is 1. The summed E-state index contributed by atoms with van der Waals surface area (Å²) in [6.07, 6.45) is 1.16. The Labute approximate surface area is 136 Å². The molecule has 1 aromatic heterocycles. The Morgan fingerprint density at radius 3 is 2.71 bits per heavy atom. The van der Waals surface area contributed by atoms with Crippen molar-refractivity contribution in [3.63, 3.8) is 0 Å². The van der Waals surface area contributed by atoms with Crippen molar-refractivity contribution in [3.05, 3.63) is 56.2 Å². The largest absolute Gasteiger partial charge is 0.372 e. The molecule has 0 spiro atoms. The fourth-order valence-corrected chi connectivity index (χ4v) is 3.30. The highest BCUT2D eigenvalue weighted by Crippen LogP contribution is 2.23. The topological polar surface area (TPSA) is 21.3 Å². The van der Waals surface area contributed by atoms with Crippen molar-refractivity contribution in [3.8, 4) is 0 Å². The maximum absolute atomic E-state index is 6.13. The minimum Gasteiger partial charge on any atom is -0.372 e. The third kappa shape index (κ3) is 5.11. The zero-order chi connectivity index (χ0) is 15.1. The van der Waals surface area contributed by atoms with Crippen molar-refractivity contribution in [1.82, 2.24) is 5.32 Å². The van der Waals surface area contributed by atoms with Crippen LogP contribution in [-0.2, 0) is 24.5 Å². The normalized spacial score (nSPS) is 11.0. The van der Waals surface area contributed by atoms with Gasteiger partial charge in [0, 0.05) is 21.3 Å². The second-order valence-electron chi connectivity index (χ2n) is 5.06. The van der Waals surface area contributed by atoms with E-state index in [0.717, 1.165) is 30.1 Å². The van der Waals surface area contributed by atoms with Crippen LogP contribution < -0.4 is 5.32 Å². The Morgan fingerprint density at radius 1 is 1.19 bits per heavy atom. The Balaban J connectivity index is 1.84. The van der Waals surface area contributed by atoms with E-state index < -0.39 is 0 Å². The standard InChI is InChI=1S/C17H22ClNOS/c1-3-8-19-10-16-9-15(13(2)21-16)12-20-11-14-6-4-5-7-17(14)18/h4-7,9,19H,3,8,10-12H2,1-2H3. The molecular weight excluding hydrogens is 302 g/mol. The van der Waals surface area contributed by atoms with Gasteiger partial charge in [-0.3, -0.25) is 0 Å². The minimum atomic E-state index is 0.554. The van der Waals surface area contributed by atoms with Crippen LogP contribution in [-0.4, -0.2) is 6.54 Å². The first-order chi connectivity index (χ1) is 10.2. The molecule has 0 radical (unpaired) electrons. The van der Waals surface area contributed by atoms with Crippen molar-refractivity contribution in [2.75, 3.05) is 6.54 Å². The van der Waals surface area contributed by atoms with Gasteiger partial charge >= 0.3 is 0 Å². The van der Waals surface area contributed by atoms with Crippen molar-refractivity contribution in [1.29, 1.82) is 0 Å². The Morgan fingerprint density at radius 2 is 1.95 bits per heavy atom. The van der Waals surface area contributed by atoms with Gasteiger partial charge in [-0.15, -0.1) is 11.3 Å². The highest BCUT2D eigenvalue weighted by Gasteiger charge is 2.06. The Kier molecular flexibility index (Phi) is 6.71. The number of aryl methyl sites for hydroxylation is 1. The molecule has 1 aromatic carbocycles. The third-order valence-electron chi connectivity index (χ3n) is 3.27. The summed E-state index contributed by atoms with van der Waals surface area (Å²) in [6.45, 7) is 7.54. The summed E-state index contributed by atoms with van der Waals surface area (Å²) < 4.78 is 5.81. The van der Waals surface area contributed by atoms with E-state index in [2.05, 4.69) is 25.2 Å². The SMILES string of the molecule is CCCNCc1cc(COCc2ccccc2Cl)c(C)s1. The molecule has 0 atom stereocenters. The molecule has 0 amide bonds. The van der Waals surface area contributed by atoms with E-state index in [1.54, 1.807) is 0 Å². The van der Waals surface area contributed by atoms with E-state index in [1.807, 2.05) is 35.6 Å². The number of ether oxygens (including phenoxy) is 1. The lowest BCUT2D eigenvalue weighted by atomic mass is 10.2. The van der Waals surface area contributed by atoms with Crippen molar-refractivity contribution in [2.24, 2.45) is 0 Å². The molecule has 0 aliphatic heterocycles. The maximum atomic E-state index is 6.13. The van der Waals surface area contributed by atoms with Gasteiger partial charge in [0.25, 0.3) is 0 Å². The van der Waals surface area contributed by atoms with E-state index in [9.17, 15) is 0 Å². The van der Waals surface area contributed by atoms with Gasteiger partial charge in [0.1, 0.15) is 0 Å². The van der Waals surface area contributed by atoms with E-state index in [1.165, 1.54) is 15.3 Å². The highest BCUT2D eigenvalue weighted by molar-refractivity contribution is 7.12. The predicted molar refractivity (Wildman–Crippen MR) is 91.0 cm³/mol. The third-order valence-corrected chi connectivity index (χ3v) is 4.73. The summed E-state index contributed by atoms with van der Waals surface area (Å²) in [5.41, 5.74) is 2.32. The second kappa shape index (κ2) is 8.54. The van der Waals surface area contributed by atoms with Gasteiger partial charge in [0.2, 0.25) is 0 Å². The molecular formula is C17H22ClNOS. The molecule has 0 aliphatic rings. The van der Waals surface area contributed by atoms with Gasteiger partial charge in [-0.2, -0.15) is 0 Å². The van der Waals surface area contributed by atoms with Crippen LogP contribution in [0.5, 0.6) is 0 Å². The molecule has 2 aromatic rings. The summed E-state index contributed by atoms with van der Waals surface area (Å²) >= 11 is 7.97. The maximum Gasteiger partial charge on any atom is 0.0735 e. The van der Waals surface area contributed by atoms with Crippen LogP contribution in [0.1, 0.15) is 34.2 Å². The average Bonchev–Trinajstić information content (AvgIpc) is 2.82. The summed E-state index contributed by atoms with van der Waals surface area (Å²) in [5.74, 6) is 0. The van der Waals surface area contributed by atoms with Crippen LogP contribution in [0.2, 0.25) is 5.02 Å². The number of hydrogen-bond donors (Lipinski definition) is 1. The lowest BCUT2D eigenvalue weighted by molar-refractivity contribution is 0.107. The molecule has 0 bridgehead atoms. The second-order valence-corrected chi connectivity index (χ2v) is 6.80. The number of hydrogen-bond acceptors (Lipinski definition) is 3. The van der Waals surface area contributed by atoms with Crippen molar-refractivity contribution in [2.45, 2.75) is 40.0 Å². The van der Waals surface area contributed by atoms with E-state index in [-0.39, 0.29) is 0 Å². The molecule has 114 valence electrons. The van der Waals surface area contributed by atoms with E-state index >= 15 is 0 Å². The quantitative estimate of drug-likeness (QED) is 0.696. The van der Waals surface area contributed by atoms with Gasteiger partial charge in [-0.05, 0) is 43.1 Å². The van der Waals surface area contributed by atoms with Crippen LogP contribution in [0.25, 0.3) is 0 Å². The number of nitrogens with one attached hydrogen (secondary N) is 1. The van der Waals surface area contributed by atoms with Gasteiger partial charge < -0.3 is 10.1 Å². The Bertz CT molecular complexity index is 568. The van der Waals surface area contributed by atoms with Crippen molar-refractivity contribution < 1.29 is 4.74 Å². The first-order valence-electron chi connectivity index (χ1n) is 7.30. The van der Waals surface area contributed by atoms with Crippen LogP contribution in [0.4, 0.5) is 0 Å². The fourth-order valence-electron chi connectivity index (χ4n) is 2.09. The zero-order valence-electron chi connectivity index (χ0n) is 12.6. The number of rotatable bonds is 8. The molecule has 4 heteroatoms. The van der Waals surface area contributed by atoms with Gasteiger partial charge in [0.05, 0.1) is 13.2 Å². The zero-order valence-corrected chi connectivity index (χ0v) is 14.2. The summed E-state index contributed by atoms with van der Waals surface area (Å²) in [6, 6.07) is 10.1. The molecule has 1 heterocycles. The molecule has 0 saturated carbocycles. The predicted octanol–water partition coefficient (Wildman–Crippen LogP) is 4.93. The molecule has 2 rings (SSSR count). The first-order valence-corrected chi connectivity index (χ1v) is 8.50. The molecule has 1 N–H and O–H groups in total. The highest BCUT2D eigenvalue weighted by atomic mass is 35.5. The fraction of sp³-hybridized carbons (Fsp3) is 0.412. The molecule has 0 fully saturated rings. The summed E-state index contributed by atoms with van der Waals surface area (Å²) in [7, 11) is 0. The van der Waals surface area contributed by atoms with Gasteiger partial charge in [0.15, 0.2) is 0 Å². The van der Waals surface area contributed by atoms with Gasteiger partial charge in [-0.25, -0.2) is 0 Å². The molecule has 0 unspecified atom stereocenters. The monoisotopic (exact) mass is 323 g/mol. The lowest BCUT2D eigenvalue weighted by Crippen LogP contribution is -2.12. The average molecular weight is 324 g/mol. The summed E-state index contributed by atoms with van der Waals surface area (Å²) in [4.78, 5) is 2.71. The van der Waals surface area contributed by atoms with E-state index in [4.69, 9.17) is 16.3 Å². The van der Waals surface area contributed by atoms with Crippen LogP contribution in [0.15, 0.2) is 30.3 Å². The van der Waals surface area contributed by atoms with Gasteiger partial charge in [-0.1, -0.05) is 36.7 Å². The van der Waals surface area contributed by atoms with Crippen molar-refractivity contribution >= 4 is 22.9 Å². The summed E-state index contributed by atoms with van der Waals surface area (Å²) in [5, 5.41) is 4.20. The van der Waals surface area contributed by atoms with Crippen LogP contribution in [0.3, 0.4) is 0 Å². The molecule has 0 saturated heterocycles. The van der Waals surface area contributed by atoms with Crippen LogP contribution in [0, 0.1) is 6.92 Å². The number of halogens is 1. The molecule has 2 nitrogen and oxygen atoms in total. The minimum absolute atomic E-state index is 0.554. The Hall–Kier alpha value is -0.870. The lowest BCUT2D eigenvalue weighted by Gasteiger charge is -2.05.